The summed E-state index contributed by atoms with van der Waals surface area (Å²) < 4.78 is 1.59. The van der Waals surface area contributed by atoms with E-state index in [-0.39, 0.29) is 17.7 Å². The number of amides is 2. The number of fused-ring (bicyclic) bond motifs is 1. The maximum Gasteiger partial charge on any atom is 0.321 e. The smallest absolute Gasteiger partial charge is 0.321 e. The highest BCUT2D eigenvalue weighted by Crippen LogP contribution is 2.10. The van der Waals surface area contributed by atoms with Crippen molar-refractivity contribution in [1.82, 2.24) is 19.9 Å². The summed E-state index contributed by atoms with van der Waals surface area (Å²) in [6.45, 7) is 0.447. The summed E-state index contributed by atoms with van der Waals surface area (Å²) in [5.74, 6) is 0.469. The van der Waals surface area contributed by atoms with Crippen LogP contribution in [0, 0.1) is 0 Å². The fraction of sp³-hybridized carbons (Fsp3) is 0.133. The monoisotopic (exact) mass is 297 g/mol. The van der Waals surface area contributed by atoms with Crippen molar-refractivity contribution in [3.05, 3.63) is 54.2 Å². The van der Waals surface area contributed by atoms with E-state index >= 15 is 0 Å². The SMILES string of the molecule is O=C(NCCc1cccc(O)c1)Nc1nc2ccccn2n1. The van der Waals surface area contributed by atoms with Crippen molar-refractivity contribution in [3.8, 4) is 5.75 Å². The molecule has 0 radical (unpaired) electrons. The number of phenols is 1. The van der Waals surface area contributed by atoms with Gasteiger partial charge >= 0.3 is 6.03 Å². The molecule has 7 heteroatoms. The van der Waals surface area contributed by atoms with Gasteiger partial charge in [0.05, 0.1) is 0 Å². The number of aromatic hydroxyl groups is 1. The molecule has 0 aliphatic carbocycles. The number of anilines is 1. The van der Waals surface area contributed by atoms with Gasteiger partial charge in [-0.3, -0.25) is 5.32 Å². The lowest BCUT2D eigenvalue weighted by molar-refractivity contribution is 0.252. The van der Waals surface area contributed by atoms with Crippen LogP contribution in [0.5, 0.6) is 5.75 Å². The zero-order valence-electron chi connectivity index (χ0n) is 11.7. The number of phenolic OH excluding ortho intramolecular Hbond substituents is 1. The number of carbonyl (C=O) groups is 1. The minimum atomic E-state index is -0.365. The first-order valence-electron chi connectivity index (χ1n) is 6.85. The lowest BCUT2D eigenvalue weighted by atomic mass is 10.1. The van der Waals surface area contributed by atoms with Gasteiger partial charge in [-0.05, 0) is 36.2 Å². The number of aromatic nitrogens is 3. The summed E-state index contributed by atoms with van der Waals surface area (Å²) in [5, 5.41) is 18.8. The van der Waals surface area contributed by atoms with Crippen LogP contribution in [0.3, 0.4) is 0 Å². The Kier molecular flexibility index (Phi) is 3.86. The summed E-state index contributed by atoms with van der Waals surface area (Å²) in [6, 6.07) is 12.1. The molecule has 1 aromatic carbocycles. The number of pyridine rings is 1. The molecule has 22 heavy (non-hydrogen) atoms. The Morgan fingerprint density at radius 3 is 2.95 bits per heavy atom. The summed E-state index contributed by atoms with van der Waals surface area (Å²) in [7, 11) is 0. The molecule has 112 valence electrons. The van der Waals surface area contributed by atoms with Crippen molar-refractivity contribution in [2.45, 2.75) is 6.42 Å². The zero-order chi connectivity index (χ0) is 15.4. The summed E-state index contributed by atoms with van der Waals surface area (Å²) in [5.41, 5.74) is 1.61. The first-order valence-corrected chi connectivity index (χ1v) is 6.85. The number of hydrogen-bond donors (Lipinski definition) is 3. The molecule has 0 aliphatic rings. The van der Waals surface area contributed by atoms with Crippen molar-refractivity contribution in [3.63, 3.8) is 0 Å². The van der Waals surface area contributed by atoms with Crippen LogP contribution < -0.4 is 10.6 Å². The summed E-state index contributed by atoms with van der Waals surface area (Å²) in [4.78, 5) is 16.0. The normalized spacial score (nSPS) is 10.5. The molecule has 0 fully saturated rings. The topological polar surface area (TPSA) is 91.5 Å². The zero-order valence-corrected chi connectivity index (χ0v) is 11.7. The number of carbonyl (C=O) groups excluding carboxylic acids is 1. The predicted molar refractivity (Wildman–Crippen MR) is 81.8 cm³/mol. The third-order valence-electron chi connectivity index (χ3n) is 3.08. The maximum atomic E-state index is 11.8. The van der Waals surface area contributed by atoms with Crippen molar-refractivity contribution < 1.29 is 9.90 Å². The van der Waals surface area contributed by atoms with Gasteiger partial charge in [0.1, 0.15) is 5.75 Å². The standard InChI is InChI=1S/C15H15N5O2/c21-12-5-3-4-11(10-12)7-8-16-15(22)18-14-17-13-6-1-2-9-20(13)19-14/h1-6,9-10,21H,7-8H2,(H2,16,18,19,22). The number of urea groups is 1. The van der Waals surface area contributed by atoms with E-state index in [4.69, 9.17) is 0 Å². The van der Waals surface area contributed by atoms with Crippen molar-refractivity contribution in [1.29, 1.82) is 0 Å². The van der Waals surface area contributed by atoms with Gasteiger partial charge in [-0.25, -0.2) is 9.31 Å². The van der Waals surface area contributed by atoms with E-state index in [1.165, 1.54) is 0 Å². The van der Waals surface area contributed by atoms with Gasteiger partial charge in [-0.15, -0.1) is 5.10 Å². The highest BCUT2D eigenvalue weighted by Gasteiger charge is 2.06. The quantitative estimate of drug-likeness (QED) is 0.684. The van der Waals surface area contributed by atoms with E-state index in [0.29, 0.717) is 18.6 Å². The van der Waals surface area contributed by atoms with Crippen molar-refractivity contribution in [2.75, 3.05) is 11.9 Å². The lowest BCUT2D eigenvalue weighted by Gasteiger charge is -2.05. The Morgan fingerprint density at radius 1 is 1.23 bits per heavy atom. The van der Waals surface area contributed by atoms with E-state index in [1.54, 1.807) is 35.0 Å². The molecule has 7 nitrogen and oxygen atoms in total. The highest BCUT2D eigenvalue weighted by atomic mass is 16.3. The average molecular weight is 297 g/mol. The molecule has 0 atom stereocenters. The van der Waals surface area contributed by atoms with E-state index in [1.807, 2.05) is 18.2 Å². The van der Waals surface area contributed by atoms with Crippen LogP contribution in [0.1, 0.15) is 5.56 Å². The molecule has 3 rings (SSSR count). The van der Waals surface area contributed by atoms with E-state index in [0.717, 1.165) is 5.56 Å². The number of hydrogen-bond acceptors (Lipinski definition) is 4. The van der Waals surface area contributed by atoms with E-state index < -0.39 is 0 Å². The number of nitrogens with zero attached hydrogens (tertiary/aromatic N) is 3. The molecule has 0 spiro atoms. The van der Waals surface area contributed by atoms with Crippen LogP contribution >= 0.6 is 0 Å². The second-order valence-electron chi connectivity index (χ2n) is 4.74. The fourth-order valence-electron chi connectivity index (χ4n) is 2.06. The van der Waals surface area contributed by atoms with Gasteiger partial charge in [0.2, 0.25) is 0 Å². The molecule has 2 aromatic heterocycles. The molecule has 0 saturated carbocycles. The summed E-state index contributed by atoms with van der Waals surface area (Å²) >= 11 is 0. The molecule has 0 bridgehead atoms. The number of benzene rings is 1. The Morgan fingerprint density at radius 2 is 2.14 bits per heavy atom. The van der Waals surface area contributed by atoms with Gasteiger partial charge in [-0.1, -0.05) is 18.2 Å². The minimum absolute atomic E-state index is 0.218. The van der Waals surface area contributed by atoms with Crippen LogP contribution in [0.15, 0.2) is 48.7 Å². The van der Waals surface area contributed by atoms with Crippen molar-refractivity contribution in [2.24, 2.45) is 0 Å². The van der Waals surface area contributed by atoms with E-state index in [2.05, 4.69) is 20.7 Å². The fourth-order valence-corrected chi connectivity index (χ4v) is 2.06. The second-order valence-corrected chi connectivity index (χ2v) is 4.74. The Hall–Kier alpha value is -3.09. The van der Waals surface area contributed by atoms with Crippen LogP contribution in [-0.4, -0.2) is 32.3 Å². The molecule has 2 amide bonds. The van der Waals surface area contributed by atoms with Crippen LogP contribution in [0.25, 0.3) is 5.65 Å². The van der Waals surface area contributed by atoms with Gasteiger partial charge in [-0.2, -0.15) is 4.98 Å². The van der Waals surface area contributed by atoms with Gasteiger partial charge in [0.15, 0.2) is 5.65 Å². The summed E-state index contributed by atoms with van der Waals surface area (Å²) in [6.07, 6.45) is 2.38. The Bertz CT molecular complexity index is 766. The minimum Gasteiger partial charge on any atom is -0.508 e. The van der Waals surface area contributed by atoms with Crippen molar-refractivity contribution >= 4 is 17.6 Å². The molecule has 0 unspecified atom stereocenters. The van der Waals surface area contributed by atoms with Crippen LogP contribution in [0.4, 0.5) is 10.7 Å². The first kappa shape index (κ1) is 13.9. The van der Waals surface area contributed by atoms with Crippen LogP contribution in [0.2, 0.25) is 0 Å². The van der Waals surface area contributed by atoms with Crippen LogP contribution in [-0.2, 0) is 6.42 Å². The third-order valence-corrected chi connectivity index (χ3v) is 3.08. The van der Waals surface area contributed by atoms with Gasteiger partial charge < -0.3 is 10.4 Å². The third kappa shape index (κ3) is 3.32. The average Bonchev–Trinajstić information content (AvgIpc) is 2.89. The van der Waals surface area contributed by atoms with E-state index in [9.17, 15) is 9.90 Å². The largest absolute Gasteiger partial charge is 0.508 e. The molecule has 2 heterocycles. The molecular formula is C15H15N5O2. The Balaban J connectivity index is 1.52. The molecule has 3 aromatic rings. The molecular weight excluding hydrogens is 282 g/mol. The number of rotatable bonds is 4. The number of nitrogens with one attached hydrogen (secondary N) is 2. The second kappa shape index (κ2) is 6.13. The molecule has 3 N–H and O–H groups in total. The molecule has 0 aliphatic heterocycles. The molecule has 0 saturated heterocycles. The predicted octanol–water partition coefficient (Wildman–Crippen LogP) is 1.80. The lowest BCUT2D eigenvalue weighted by Crippen LogP contribution is -2.30. The van der Waals surface area contributed by atoms with Gasteiger partial charge in [0.25, 0.3) is 5.95 Å². The van der Waals surface area contributed by atoms with Gasteiger partial charge in [0, 0.05) is 12.7 Å². The highest BCUT2D eigenvalue weighted by molar-refractivity contribution is 5.87. The maximum absolute atomic E-state index is 11.8. The Labute approximate surface area is 126 Å². The first-order chi connectivity index (χ1) is 10.7.